The van der Waals surface area contributed by atoms with Gasteiger partial charge in [0.1, 0.15) is 6.33 Å². The van der Waals surface area contributed by atoms with Crippen LogP contribution in [-0.4, -0.2) is 17.1 Å². The topological polar surface area (TPSA) is 61.0 Å². The SMILES string of the molecule is COc1ncnc(CN)c1C(C)C. The van der Waals surface area contributed by atoms with Crippen molar-refractivity contribution in [1.29, 1.82) is 0 Å². The number of nitrogens with two attached hydrogens (primary N) is 1. The number of nitrogens with zero attached hydrogens (tertiary/aromatic N) is 2. The largest absolute Gasteiger partial charge is 0.481 e. The summed E-state index contributed by atoms with van der Waals surface area (Å²) >= 11 is 0. The Bertz CT molecular complexity index is 264. The minimum atomic E-state index is 0.328. The molecule has 0 aliphatic carbocycles. The molecule has 1 aromatic heterocycles. The quantitative estimate of drug-likeness (QED) is 0.757. The molecule has 0 saturated carbocycles. The van der Waals surface area contributed by atoms with Gasteiger partial charge in [-0.05, 0) is 5.92 Å². The fourth-order valence-electron chi connectivity index (χ4n) is 1.32. The first-order valence-electron chi connectivity index (χ1n) is 4.28. The highest BCUT2D eigenvalue weighted by atomic mass is 16.5. The van der Waals surface area contributed by atoms with Gasteiger partial charge in [-0.25, -0.2) is 9.97 Å². The van der Waals surface area contributed by atoms with E-state index in [1.807, 2.05) is 0 Å². The number of aromatic nitrogens is 2. The van der Waals surface area contributed by atoms with Crippen LogP contribution in [0.25, 0.3) is 0 Å². The summed E-state index contributed by atoms with van der Waals surface area (Å²) in [5.41, 5.74) is 7.44. The first-order chi connectivity index (χ1) is 6.20. The molecule has 0 amide bonds. The second kappa shape index (κ2) is 4.18. The van der Waals surface area contributed by atoms with Crippen molar-refractivity contribution in [2.24, 2.45) is 5.73 Å². The molecule has 0 unspecified atom stereocenters. The second-order valence-electron chi connectivity index (χ2n) is 3.10. The molecule has 1 heterocycles. The van der Waals surface area contributed by atoms with Crippen LogP contribution in [0.3, 0.4) is 0 Å². The highest BCUT2D eigenvalue weighted by Gasteiger charge is 2.13. The molecule has 0 spiro atoms. The molecule has 1 aromatic rings. The van der Waals surface area contributed by atoms with Crippen molar-refractivity contribution >= 4 is 0 Å². The Morgan fingerprint density at radius 1 is 1.46 bits per heavy atom. The zero-order valence-corrected chi connectivity index (χ0v) is 8.24. The molecule has 0 aliphatic rings. The van der Waals surface area contributed by atoms with Crippen molar-refractivity contribution in [3.63, 3.8) is 0 Å². The maximum Gasteiger partial charge on any atom is 0.219 e. The van der Waals surface area contributed by atoms with E-state index in [-0.39, 0.29) is 0 Å². The predicted octanol–water partition coefficient (Wildman–Crippen LogP) is 1.07. The minimum absolute atomic E-state index is 0.328. The van der Waals surface area contributed by atoms with Gasteiger partial charge in [-0.1, -0.05) is 13.8 Å². The standard InChI is InChI=1S/C9H15N3O/c1-6(2)8-7(4-10)11-5-12-9(8)13-3/h5-6H,4,10H2,1-3H3. The summed E-state index contributed by atoms with van der Waals surface area (Å²) in [5, 5.41) is 0. The molecule has 13 heavy (non-hydrogen) atoms. The Kier molecular flexibility index (Phi) is 3.19. The molecule has 0 atom stereocenters. The van der Waals surface area contributed by atoms with Gasteiger partial charge in [-0.3, -0.25) is 0 Å². The maximum absolute atomic E-state index is 5.57. The van der Waals surface area contributed by atoms with Gasteiger partial charge in [-0.2, -0.15) is 0 Å². The molecule has 72 valence electrons. The lowest BCUT2D eigenvalue weighted by molar-refractivity contribution is 0.387. The molecular formula is C9H15N3O. The summed E-state index contributed by atoms with van der Waals surface area (Å²) in [6.07, 6.45) is 1.48. The first kappa shape index (κ1) is 9.92. The van der Waals surface area contributed by atoms with Gasteiger partial charge >= 0.3 is 0 Å². The number of methoxy groups -OCH3 is 1. The first-order valence-corrected chi connectivity index (χ1v) is 4.28. The summed E-state index contributed by atoms with van der Waals surface area (Å²) in [7, 11) is 1.61. The molecule has 4 heteroatoms. The summed E-state index contributed by atoms with van der Waals surface area (Å²) in [5.74, 6) is 0.958. The molecular weight excluding hydrogens is 166 g/mol. The van der Waals surface area contributed by atoms with E-state index in [1.54, 1.807) is 7.11 Å². The third kappa shape index (κ3) is 1.95. The Labute approximate surface area is 78.1 Å². The molecule has 0 aliphatic heterocycles. The molecule has 0 bridgehead atoms. The lowest BCUT2D eigenvalue weighted by Gasteiger charge is -2.13. The second-order valence-corrected chi connectivity index (χ2v) is 3.10. The number of rotatable bonds is 3. The van der Waals surface area contributed by atoms with Crippen molar-refractivity contribution in [3.05, 3.63) is 17.6 Å². The molecule has 2 N–H and O–H groups in total. The van der Waals surface area contributed by atoms with Crippen LogP contribution in [0.1, 0.15) is 31.0 Å². The lowest BCUT2D eigenvalue weighted by atomic mass is 10.0. The van der Waals surface area contributed by atoms with Gasteiger partial charge in [-0.15, -0.1) is 0 Å². The lowest BCUT2D eigenvalue weighted by Crippen LogP contribution is -2.08. The Morgan fingerprint density at radius 2 is 2.15 bits per heavy atom. The van der Waals surface area contributed by atoms with Crippen molar-refractivity contribution in [2.45, 2.75) is 26.3 Å². The average Bonchev–Trinajstić information content (AvgIpc) is 2.16. The fraction of sp³-hybridized carbons (Fsp3) is 0.556. The average molecular weight is 181 g/mol. The number of hydrogen-bond donors (Lipinski definition) is 1. The normalized spacial score (nSPS) is 10.5. The molecule has 1 rings (SSSR count). The Morgan fingerprint density at radius 3 is 2.62 bits per heavy atom. The predicted molar refractivity (Wildman–Crippen MR) is 50.6 cm³/mol. The van der Waals surface area contributed by atoms with E-state index in [0.717, 1.165) is 11.3 Å². The van der Waals surface area contributed by atoms with Gasteiger partial charge in [0.15, 0.2) is 0 Å². The van der Waals surface area contributed by atoms with Crippen molar-refractivity contribution < 1.29 is 4.74 Å². The van der Waals surface area contributed by atoms with Crippen LogP contribution in [0, 0.1) is 0 Å². The zero-order valence-electron chi connectivity index (χ0n) is 8.24. The summed E-state index contributed by atoms with van der Waals surface area (Å²) < 4.78 is 5.14. The van der Waals surface area contributed by atoms with Crippen LogP contribution in [0.5, 0.6) is 5.88 Å². The molecule has 4 nitrogen and oxygen atoms in total. The van der Waals surface area contributed by atoms with E-state index in [0.29, 0.717) is 18.3 Å². The summed E-state index contributed by atoms with van der Waals surface area (Å²) in [6.45, 7) is 4.56. The van der Waals surface area contributed by atoms with Crippen LogP contribution >= 0.6 is 0 Å². The van der Waals surface area contributed by atoms with E-state index in [2.05, 4.69) is 23.8 Å². The highest BCUT2D eigenvalue weighted by molar-refractivity contribution is 5.32. The van der Waals surface area contributed by atoms with Gasteiger partial charge < -0.3 is 10.5 Å². The van der Waals surface area contributed by atoms with Crippen LogP contribution in [-0.2, 0) is 6.54 Å². The number of hydrogen-bond acceptors (Lipinski definition) is 4. The van der Waals surface area contributed by atoms with E-state index in [4.69, 9.17) is 10.5 Å². The zero-order chi connectivity index (χ0) is 9.84. The highest BCUT2D eigenvalue weighted by Crippen LogP contribution is 2.25. The van der Waals surface area contributed by atoms with E-state index >= 15 is 0 Å². The maximum atomic E-state index is 5.57. The van der Waals surface area contributed by atoms with Gasteiger partial charge in [0.05, 0.1) is 12.8 Å². The molecule has 0 radical (unpaired) electrons. The molecule has 0 saturated heterocycles. The van der Waals surface area contributed by atoms with Crippen LogP contribution in [0.4, 0.5) is 0 Å². The third-order valence-corrected chi connectivity index (χ3v) is 1.89. The van der Waals surface area contributed by atoms with Gasteiger partial charge in [0, 0.05) is 12.1 Å². The van der Waals surface area contributed by atoms with Gasteiger partial charge in [0.25, 0.3) is 0 Å². The van der Waals surface area contributed by atoms with E-state index < -0.39 is 0 Å². The van der Waals surface area contributed by atoms with Crippen molar-refractivity contribution in [1.82, 2.24) is 9.97 Å². The molecule has 0 fully saturated rings. The van der Waals surface area contributed by atoms with E-state index in [1.165, 1.54) is 6.33 Å². The van der Waals surface area contributed by atoms with Crippen molar-refractivity contribution in [3.8, 4) is 5.88 Å². The molecule has 0 aromatic carbocycles. The summed E-state index contributed by atoms with van der Waals surface area (Å²) in [6, 6.07) is 0. The van der Waals surface area contributed by atoms with E-state index in [9.17, 15) is 0 Å². The number of ether oxygens (including phenoxy) is 1. The Hall–Kier alpha value is -1.16. The van der Waals surface area contributed by atoms with Crippen molar-refractivity contribution in [2.75, 3.05) is 7.11 Å². The third-order valence-electron chi connectivity index (χ3n) is 1.89. The van der Waals surface area contributed by atoms with Crippen LogP contribution < -0.4 is 10.5 Å². The fourth-order valence-corrected chi connectivity index (χ4v) is 1.32. The monoisotopic (exact) mass is 181 g/mol. The smallest absolute Gasteiger partial charge is 0.219 e. The summed E-state index contributed by atoms with van der Waals surface area (Å²) in [4.78, 5) is 8.15. The van der Waals surface area contributed by atoms with Crippen LogP contribution in [0.2, 0.25) is 0 Å². The minimum Gasteiger partial charge on any atom is -0.481 e. The van der Waals surface area contributed by atoms with Gasteiger partial charge in [0.2, 0.25) is 5.88 Å². The Balaban J connectivity index is 3.21. The van der Waals surface area contributed by atoms with Crippen LogP contribution in [0.15, 0.2) is 6.33 Å².